The molecule has 90 valence electrons. The summed E-state index contributed by atoms with van der Waals surface area (Å²) in [5, 5.41) is 0.859. The van der Waals surface area contributed by atoms with Gasteiger partial charge in [-0.05, 0) is 18.4 Å². The fourth-order valence-corrected chi connectivity index (χ4v) is 1.91. The smallest absolute Gasteiger partial charge is 0.343 e. The monoisotopic (exact) mass is 252 g/mol. The fourth-order valence-electron chi connectivity index (χ4n) is 1.54. The van der Waals surface area contributed by atoms with Crippen LogP contribution in [0.5, 0.6) is 5.75 Å². The van der Waals surface area contributed by atoms with E-state index in [-0.39, 0.29) is 5.56 Å². The molecule has 0 aliphatic carbocycles. The average molecular weight is 252 g/mol. The molecule has 0 aromatic heterocycles. The highest BCUT2D eigenvalue weighted by atomic mass is 32.2. The lowest BCUT2D eigenvalue weighted by molar-refractivity contribution is 0.0598. The summed E-state index contributed by atoms with van der Waals surface area (Å²) in [5.41, 5.74) is 6.94. The maximum atomic E-state index is 11.6. The Morgan fingerprint density at radius 3 is 3.00 bits per heavy atom. The molecule has 1 aliphatic rings. The number of aliphatic imine (C=N–C) groups is 1. The Morgan fingerprint density at radius 2 is 2.35 bits per heavy atom. The minimum absolute atomic E-state index is 0.244. The van der Waals surface area contributed by atoms with Crippen molar-refractivity contribution in [2.75, 3.05) is 25.7 Å². The lowest BCUT2D eigenvalue weighted by atomic mass is 10.1. The van der Waals surface area contributed by atoms with Crippen LogP contribution in [0.15, 0.2) is 17.1 Å². The molecule has 6 heteroatoms. The summed E-state index contributed by atoms with van der Waals surface area (Å²) in [6.07, 6.45) is 1.92. The number of ether oxygens (including phenoxy) is 2. The number of carbonyl (C=O) groups excluding carboxylic acids is 1. The number of hydrogen-bond donors (Lipinski definition) is 1. The molecule has 0 amide bonds. The van der Waals surface area contributed by atoms with Gasteiger partial charge in [0.1, 0.15) is 22.9 Å². The van der Waals surface area contributed by atoms with Gasteiger partial charge < -0.3 is 15.2 Å². The third kappa shape index (κ3) is 2.08. The fraction of sp³-hybridized carbons (Fsp3) is 0.273. The Labute approximate surface area is 103 Å². The van der Waals surface area contributed by atoms with Crippen molar-refractivity contribution in [1.82, 2.24) is 0 Å². The first-order valence-electron chi connectivity index (χ1n) is 4.92. The number of thioether (sulfide) groups is 1. The minimum atomic E-state index is -0.512. The standard InChI is InChI=1S/C11H12N2O3S/c1-15-11(14)9-6(12)3-4-7-10(9)16-5-8(13-7)17-2/h3-4H,5,12H2,1-2H3. The van der Waals surface area contributed by atoms with Crippen molar-refractivity contribution in [3.63, 3.8) is 0 Å². The van der Waals surface area contributed by atoms with Crippen molar-refractivity contribution in [1.29, 1.82) is 0 Å². The van der Waals surface area contributed by atoms with Crippen molar-refractivity contribution in [3.8, 4) is 5.75 Å². The van der Waals surface area contributed by atoms with Gasteiger partial charge in [-0.15, -0.1) is 11.8 Å². The maximum absolute atomic E-state index is 11.6. The van der Waals surface area contributed by atoms with E-state index in [1.54, 1.807) is 12.1 Å². The van der Waals surface area contributed by atoms with E-state index in [1.165, 1.54) is 18.9 Å². The van der Waals surface area contributed by atoms with E-state index in [0.717, 1.165) is 5.04 Å². The van der Waals surface area contributed by atoms with Gasteiger partial charge in [-0.1, -0.05) is 0 Å². The van der Waals surface area contributed by atoms with Crippen LogP contribution < -0.4 is 10.5 Å². The molecular formula is C11H12N2O3S. The average Bonchev–Trinajstić information content (AvgIpc) is 2.37. The summed E-state index contributed by atoms with van der Waals surface area (Å²) in [6, 6.07) is 3.35. The summed E-state index contributed by atoms with van der Waals surface area (Å²) in [4.78, 5) is 16.0. The number of nitrogens with two attached hydrogens (primary N) is 1. The van der Waals surface area contributed by atoms with E-state index in [9.17, 15) is 4.79 Å². The van der Waals surface area contributed by atoms with Gasteiger partial charge in [-0.2, -0.15) is 0 Å². The predicted molar refractivity (Wildman–Crippen MR) is 68.3 cm³/mol. The Bertz CT molecular complexity index is 500. The van der Waals surface area contributed by atoms with Gasteiger partial charge in [-0.3, -0.25) is 0 Å². The molecule has 0 saturated carbocycles. The minimum Gasteiger partial charge on any atom is -0.483 e. The largest absolute Gasteiger partial charge is 0.483 e. The Hall–Kier alpha value is -1.69. The molecule has 0 spiro atoms. The van der Waals surface area contributed by atoms with E-state index in [0.29, 0.717) is 23.7 Å². The molecule has 0 fully saturated rings. The van der Waals surface area contributed by atoms with Crippen LogP contribution >= 0.6 is 11.8 Å². The lowest BCUT2D eigenvalue weighted by Crippen LogP contribution is -2.16. The maximum Gasteiger partial charge on any atom is 0.343 e. The molecule has 1 heterocycles. The number of anilines is 1. The summed E-state index contributed by atoms with van der Waals surface area (Å²) in [5.74, 6) is -0.114. The molecule has 2 N–H and O–H groups in total. The van der Waals surface area contributed by atoms with Crippen LogP contribution in [0.25, 0.3) is 0 Å². The number of fused-ring (bicyclic) bond motifs is 1. The van der Waals surface area contributed by atoms with Crippen LogP contribution in [0.3, 0.4) is 0 Å². The number of esters is 1. The SMILES string of the molecule is COC(=O)c1c(N)ccc2c1OCC(SC)=N2. The molecule has 0 atom stereocenters. The Morgan fingerprint density at radius 1 is 1.59 bits per heavy atom. The van der Waals surface area contributed by atoms with Crippen molar-refractivity contribution in [2.45, 2.75) is 0 Å². The predicted octanol–water partition coefficient (Wildman–Crippen LogP) is 1.84. The highest BCUT2D eigenvalue weighted by molar-refractivity contribution is 8.13. The number of rotatable bonds is 1. The second kappa shape index (κ2) is 4.67. The van der Waals surface area contributed by atoms with E-state index in [1.807, 2.05) is 6.26 Å². The first kappa shape index (κ1) is 11.8. The van der Waals surface area contributed by atoms with Crippen LogP contribution in [0.4, 0.5) is 11.4 Å². The van der Waals surface area contributed by atoms with E-state index in [2.05, 4.69) is 9.73 Å². The van der Waals surface area contributed by atoms with Crippen molar-refractivity contribution < 1.29 is 14.3 Å². The Balaban J connectivity index is 2.56. The number of nitrogens with zero attached hydrogens (tertiary/aromatic N) is 1. The molecular weight excluding hydrogens is 240 g/mol. The Kier molecular flexibility index (Phi) is 3.23. The molecule has 17 heavy (non-hydrogen) atoms. The quantitative estimate of drug-likeness (QED) is 0.609. The topological polar surface area (TPSA) is 73.9 Å². The van der Waals surface area contributed by atoms with Crippen molar-refractivity contribution >= 4 is 34.1 Å². The normalized spacial score (nSPS) is 13.4. The summed E-state index contributed by atoms with van der Waals surface area (Å²) in [6.45, 7) is 0.349. The number of nitrogen functional groups attached to an aromatic ring is 1. The summed E-state index contributed by atoms with van der Waals surface area (Å²) < 4.78 is 10.2. The third-order valence-electron chi connectivity index (χ3n) is 2.38. The zero-order valence-electron chi connectivity index (χ0n) is 9.52. The van der Waals surface area contributed by atoms with E-state index < -0.39 is 5.97 Å². The molecule has 0 bridgehead atoms. The number of hydrogen-bond acceptors (Lipinski definition) is 6. The highest BCUT2D eigenvalue weighted by Gasteiger charge is 2.23. The zero-order chi connectivity index (χ0) is 12.4. The van der Waals surface area contributed by atoms with Gasteiger partial charge in [0.05, 0.1) is 12.8 Å². The molecule has 2 rings (SSSR count). The molecule has 0 radical (unpaired) electrons. The van der Waals surface area contributed by atoms with Gasteiger partial charge >= 0.3 is 5.97 Å². The number of benzene rings is 1. The van der Waals surface area contributed by atoms with Crippen molar-refractivity contribution in [2.24, 2.45) is 4.99 Å². The van der Waals surface area contributed by atoms with Gasteiger partial charge in [-0.25, -0.2) is 9.79 Å². The van der Waals surface area contributed by atoms with E-state index >= 15 is 0 Å². The van der Waals surface area contributed by atoms with Crippen LogP contribution in [0, 0.1) is 0 Å². The molecule has 0 saturated heterocycles. The van der Waals surface area contributed by atoms with Gasteiger partial charge in [0.2, 0.25) is 0 Å². The third-order valence-corrected chi connectivity index (χ3v) is 3.06. The number of methoxy groups -OCH3 is 1. The van der Waals surface area contributed by atoms with Gasteiger partial charge in [0.15, 0.2) is 5.75 Å². The van der Waals surface area contributed by atoms with Crippen LogP contribution in [0.1, 0.15) is 10.4 Å². The molecule has 0 unspecified atom stereocenters. The van der Waals surface area contributed by atoms with Gasteiger partial charge in [0.25, 0.3) is 0 Å². The summed E-state index contributed by atoms with van der Waals surface area (Å²) >= 11 is 1.51. The zero-order valence-corrected chi connectivity index (χ0v) is 10.3. The lowest BCUT2D eigenvalue weighted by Gasteiger charge is -2.19. The number of carbonyl (C=O) groups is 1. The molecule has 5 nitrogen and oxygen atoms in total. The van der Waals surface area contributed by atoms with Gasteiger partial charge in [0, 0.05) is 0 Å². The molecule has 1 aliphatic heterocycles. The highest BCUT2D eigenvalue weighted by Crippen LogP contribution is 2.38. The van der Waals surface area contributed by atoms with Crippen LogP contribution in [0.2, 0.25) is 0 Å². The first-order chi connectivity index (χ1) is 8.17. The molecule has 1 aromatic rings. The second-order valence-electron chi connectivity index (χ2n) is 3.37. The summed E-state index contributed by atoms with van der Waals surface area (Å²) in [7, 11) is 1.31. The van der Waals surface area contributed by atoms with E-state index in [4.69, 9.17) is 10.5 Å². The van der Waals surface area contributed by atoms with Crippen LogP contribution in [-0.4, -0.2) is 31.0 Å². The van der Waals surface area contributed by atoms with Crippen LogP contribution in [-0.2, 0) is 4.74 Å². The second-order valence-corrected chi connectivity index (χ2v) is 4.25. The first-order valence-corrected chi connectivity index (χ1v) is 6.15. The molecule has 1 aromatic carbocycles. The van der Waals surface area contributed by atoms with Crippen molar-refractivity contribution in [3.05, 3.63) is 17.7 Å².